The molecule has 1 aromatic carbocycles. The van der Waals surface area contributed by atoms with Gasteiger partial charge in [-0.15, -0.1) is 0 Å². The normalized spacial score (nSPS) is 18.2. The number of carboxylic acid groups (broad SMARTS) is 1. The smallest absolute Gasteiger partial charge is 0.310 e. The van der Waals surface area contributed by atoms with E-state index in [1.54, 1.807) is 0 Å². The number of benzene rings is 1. The fourth-order valence-electron chi connectivity index (χ4n) is 3.18. The van der Waals surface area contributed by atoms with Crippen LogP contribution in [-0.4, -0.2) is 41.3 Å². The van der Waals surface area contributed by atoms with Gasteiger partial charge in [-0.3, -0.25) is 9.59 Å². The van der Waals surface area contributed by atoms with Gasteiger partial charge in [-0.2, -0.15) is 0 Å². The number of aliphatic carboxylic acids is 1. The Bertz CT molecular complexity index is 593. The molecule has 25 heavy (non-hydrogen) atoms. The van der Waals surface area contributed by atoms with Crippen molar-refractivity contribution < 1.29 is 24.5 Å². The first-order chi connectivity index (χ1) is 12.1. The molecular formula is C20H26O5. The second kappa shape index (κ2) is 10.1. The molecule has 0 amide bonds. The van der Waals surface area contributed by atoms with E-state index < -0.39 is 11.9 Å². The van der Waals surface area contributed by atoms with Gasteiger partial charge in [0, 0.05) is 6.42 Å². The Kier molecular flexibility index (Phi) is 7.82. The van der Waals surface area contributed by atoms with Crippen molar-refractivity contribution in [2.75, 3.05) is 13.2 Å². The number of ether oxygens (including phenoxy) is 1. The zero-order valence-electron chi connectivity index (χ0n) is 14.4. The molecular weight excluding hydrogens is 320 g/mol. The topological polar surface area (TPSA) is 83.8 Å². The maximum Gasteiger partial charge on any atom is 0.310 e. The second-order valence-electron chi connectivity index (χ2n) is 6.35. The largest absolute Gasteiger partial charge is 0.481 e. The molecule has 0 spiro atoms. The van der Waals surface area contributed by atoms with Gasteiger partial charge in [0.15, 0.2) is 5.78 Å². The van der Waals surface area contributed by atoms with Gasteiger partial charge in [0.2, 0.25) is 0 Å². The lowest BCUT2D eigenvalue weighted by molar-refractivity contribution is -0.139. The molecule has 0 aromatic heterocycles. The molecule has 0 saturated carbocycles. The summed E-state index contributed by atoms with van der Waals surface area (Å²) in [4.78, 5) is 23.4. The number of aliphatic hydroxyl groups excluding tert-OH is 1. The van der Waals surface area contributed by atoms with Crippen LogP contribution in [0.2, 0.25) is 0 Å². The average molecular weight is 346 g/mol. The minimum atomic E-state index is -0.788. The lowest BCUT2D eigenvalue weighted by atomic mass is 9.93. The molecule has 0 bridgehead atoms. The maximum atomic E-state index is 11.9. The predicted octanol–water partition coefficient (Wildman–Crippen LogP) is 3.08. The summed E-state index contributed by atoms with van der Waals surface area (Å²) < 4.78 is 5.37. The summed E-state index contributed by atoms with van der Waals surface area (Å²) in [6.07, 6.45) is 5.92. The first kappa shape index (κ1) is 19.3. The van der Waals surface area contributed by atoms with Crippen LogP contribution in [0.25, 0.3) is 0 Å². The van der Waals surface area contributed by atoms with E-state index in [4.69, 9.17) is 9.84 Å². The summed E-state index contributed by atoms with van der Waals surface area (Å²) in [7, 11) is 0. The fourth-order valence-corrected chi connectivity index (χ4v) is 3.18. The number of rotatable bonds is 11. The van der Waals surface area contributed by atoms with Gasteiger partial charge in [-0.25, -0.2) is 0 Å². The first-order valence-corrected chi connectivity index (χ1v) is 8.86. The highest BCUT2D eigenvalue weighted by Crippen LogP contribution is 2.25. The molecule has 2 N–H and O–H groups in total. The van der Waals surface area contributed by atoms with E-state index in [0.717, 1.165) is 30.4 Å². The van der Waals surface area contributed by atoms with Crippen LogP contribution in [0.5, 0.6) is 0 Å². The van der Waals surface area contributed by atoms with E-state index in [9.17, 15) is 14.7 Å². The number of hydrogen-bond acceptors (Lipinski definition) is 4. The highest BCUT2D eigenvalue weighted by molar-refractivity contribution is 5.98. The van der Waals surface area contributed by atoms with E-state index in [2.05, 4.69) is 0 Å². The summed E-state index contributed by atoms with van der Waals surface area (Å²) in [5.74, 6) is -1.14. The summed E-state index contributed by atoms with van der Waals surface area (Å²) in [5, 5.41) is 18.2. The molecule has 0 aliphatic heterocycles. The van der Waals surface area contributed by atoms with Crippen molar-refractivity contribution in [1.29, 1.82) is 0 Å². The number of carbonyl (C=O) groups excluding carboxylic acids is 1. The molecule has 1 aromatic rings. The minimum Gasteiger partial charge on any atom is -0.481 e. The van der Waals surface area contributed by atoms with Crippen LogP contribution in [0.15, 0.2) is 42.0 Å². The van der Waals surface area contributed by atoms with Crippen LogP contribution < -0.4 is 0 Å². The average Bonchev–Trinajstić information content (AvgIpc) is 2.96. The van der Waals surface area contributed by atoms with Crippen molar-refractivity contribution in [2.24, 2.45) is 0 Å². The molecule has 1 aliphatic carbocycles. The Morgan fingerprint density at radius 1 is 1.20 bits per heavy atom. The van der Waals surface area contributed by atoms with Crippen molar-refractivity contribution in [3.05, 3.63) is 47.5 Å². The van der Waals surface area contributed by atoms with Crippen LogP contribution >= 0.6 is 0 Å². The fraction of sp³-hybridized carbons (Fsp3) is 0.500. The summed E-state index contributed by atoms with van der Waals surface area (Å²) in [6.45, 7) is 0.206. The molecule has 1 aliphatic rings. The summed E-state index contributed by atoms with van der Waals surface area (Å²) in [6, 6.07) is 9.31. The number of carbonyl (C=O) groups is 2. The van der Waals surface area contributed by atoms with Gasteiger partial charge in [0.25, 0.3) is 0 Å². The highest BCUT2D eigenvalue weighted by Gasteiger charge is 2.24. The SMILES string of the molecule is O=C1CC(OCCO)C=C1CCCCCC(C(=O)O)c1ccccc1. The molecule has 0 heterocycles. The molecule has 2 unspecified atom stereocenters. The quantitative estimate of drug-likeness (QED) is 0.602. The number of Topliss-reactive ketones (excluding diaryl/α,β-unsaturated/α-hetero) is 1. The molecule has 5 heteroatoms. The Hall–Kier alpha value is -1.98. The number of ketones is 1. The number of unbranched alkanes of at least 4 members (excludes halogenated alkanes) is 2. The monoisotopic (exact) mass is 346 g/mol. The number of allylic oxidation sites excluding steroid dienone is 1. The van der Waals surface area contributed by atoms with Gasteiger partial charge >= 0.3 is 5.97 Å². The summed E-state index contributed by atoms with van der Waals surface area (Å²) >= 11 is 0. The number of carboxylic acids is 1. The van der Waals surface area contributed by atoms with Crippen LogP contribution in [0.3, 0.4) is 0 Å². The second-order valence-corrected chi connectivity index (χ2v) is 6.35. The Morgan fingerprint density at radius 2 is 1.96 bits per heavy atom. The molecule has 0 radical (unpaired) electrons. The van der Waals surface area contributed by atoms with E-state index in [-0.39, 0.29) is 25.1 Å². The van der Waals surface area contributed by atoms with Crippen molar-refractivity contribution in [1.82, 2.24) is 0 Å². The Morgan fingerprint density at radius 3 is 2.64 bits per heavy atom. The van der Waals surface area contributed by atoms with Gasteiger partial charge in [0.05, 0.1) is 25.2 Å². The number of hydrogen-bond donors (Lipinski definition) is 2. The highest BCUT2D eigenvalue weighted by atomic mass is 16.5. The lowest BCUT2D eigenvalue weighted by Crippen LogP contribution is -2.11. The molecule has 136 valence electrons. The third-order valence-corrected chi connectivity index (χ3v) is 4.49. The Labute approximate surface area is 148 Å². The third kappa shape index (κ3) is 6.11. The van der Waals surface area contributed by atoms with Crippen LogP contribution in [0, 0.1) is 0 Å². The molecule has 5 nitrogen and oxygen atoms in total. The summed E-state index contributed by atoms with van der Waals surface area (Å²) in [5.41, 5.74) is 1.65. The van der Waals surface area contributed by atoms with Crippen LogP contribution in [0.1, 0.15) is 50.0 Å². The van der Waals surface area contributed by atoms with Gasteiger partial charge in [-0.05, 0) is 36.5 Å². The van der Waals surface area contributed by atoms with Gasteiger partial charge in [-0.1, -0.05) is 43.2 Å². The van der Waals surface area contributed by atoms with Gasteiger partial charge in [0.1, 0.15) is 0 Å². The van der Waals surface area contributed by atoms with E-state index in [1.807, 2.05) is 36.4 Å². The zero-order valence-corrected chi connectivity index (χ0v) is 14.4. The molecule has 2 rings (SSSR count). The third-order valence-electron chi connectivity index (χ3n) is 4.49. The van der Waals surface area contributed by atoms with E-state index >= 15 is 0 Å². The lowest BCUT2D eigenvalue weighted by Gasteiger charge is -2.12. The van der Waals surface area contributed by atoms with Gasteiger partial charge < -0.3 is 14.9 Å². The van der Waals surface area contributed by atoms with Crippen molar-refractivity contribution >= 4 is 11.8 Å². The number of aliphatic hydroxyl groups is 1. The molecule has 0 saturated heterocycles. The van der Waals surface area contributed by atoms with E-state index in [0.29, 0.717) is 19.3 Å². The van der Waals surface area contributed by atoms with Crippen molar-refractivity contribution in [3.8, 4) is 0 Å². The van der Waals surface area contributed by atoms with E-state index in [1.165, 1.54) is 0 Å². The maximum absolute atomic E-state index is 11.9. The van der Waals surface area contributed by atoms with Crippen molar-refractivity contribution in [3.63, 3.8) is 0 Å². The van der Waals surface area contributed by atoms with Crippen molar-refractivity contribution in [2.45, 2.75) is 50.5 Å². The van der Waals surface area contributed by atoms with Crippen LogP contribution in [-0.2, 0) is 14.3 Å². The predicted molar refractivity (Wildman–Crippen MR) is 94.4 cm³/mol. The minimum absolute atomic E-state index is 0.0416. The molecule has 0 fully saturated rings. The molecule has 2 atom stereocenters. The first-order valence-electron chi connectivity index (χ1n) is 8.86. The zero-order chi connectivity index (χ0) is 18.1. The van der Waals surface area contributed by atoms with Crippen LogP contribution in [0.4, 0.5) is 0 Å². The standard InChI is InChI=1S/C20H26O5/c21-11-12-25-17-13-16(19(22)14-17)9-5-2-6-10-18(20(23)24)15-7-3-1-4-8-15/h1,3-4,7-8,13,17-18,21H,2,5-6,9-12,14H2,(H,23,24). The Balaban J connectivity index is 1.72.